The van der Waals surface area contributed by atoms with Crippen LogP contribution in [0.25, 0.3) is 0 Å². The van der Waals surface area contributed by atoms with Crippen molar-refractivity contribution in [2.45, 2.75) is 33.0 Å². The van der Waals surface area contributed by atoms with E-state index in [1.54, 1.807) is 6.92 Å². The summed E-state index contributed by atoms with van der Waals surface area (Å²) in [7, 11) is 0. The van der Waals surface area contributed by atoms with Gasteiger partial charge in [0.1, 0.15) is 5.75 Å². The van der Waals surface area contributed by atoms with E-state index in [0.29, 0.717) is 16.8 Å². The number of aliphatic carboxylic acids is 2. The predicted octanol–water partition coefficient (Wildman–Crippen LogP) is 0.572. The quantitative estimate of drug-likeness (QED) is 0.479. The fourth-order valence-corrected chi connectivity index (χ4v) is 1.36. The van der Waals surface area contributed by atoms with Gasteiger partial charge in [0.2, 0.25) is 0 Å². The van der Waals surface area contributed by atoms with E-state index in [4.69, 9.17) is 20.4 Å². The molecule has 0 bridgehead atoms. The van der Waals surface area contributed by atoms with Crippen LogP contribution in [0, 0.1) is 6.92 Å². The molecule has 0 amide bonds. The molecule has 0 aromatic carbocycles. The van der Waals surface area contributed by atoms with Gasteiger partial charge in [-0.15, -0.1) is 0 Å². The highest BCUT2D eigenvalue weighted by Gasteiger charge is 2.09. The second kappa shape index (κ2) is 9.48. The number of aliphatic hydroxyl groups is 2. The molecule has 1 rings (SSSR count). The Balaban J connectivity index is 0.000000409. The number of carboxylic acid groups (broad SMARTS) is 2. The molecular formula is C14H19NO7. The first-order chi connectivity index (χ1) is 10.2. The van der Waals surface area contributed by atoms with Crippen molar-refractivity contribution in [1.29, 1.82) is 0 Å². The maximum Gasteiger partial charge on any atom is 0.330 e. The SMILES string of the molecule is C=C(CCC(=O)O)C(=O)O.Cc1ncc(CO)c(CO)c1O. The van der Waals surface area contributed by atoms with Gasteiger partial charge in [0.05, 0.1) is 18.9 Å². The molecule has 8 nitrogen and oxygen atoms in total. The molecule has 1 aromatic heterocycles. The number of hydrogen-bond donors (Lipinski definition) is 5. The van der Waals surface area contributed by atoms with Crippen LogP contribution in [0.1, 0.15) is 29.7 Å². The summed E-state index contributed by atoms with van der Waals surface area (Å²) >= 11 is 0. The van der Waals surface area contributed by atoms with Crippen LogP contribution in [-0.4, -0.2) is 42.5 Å². The number of aromatic nitrogens is 1. The van der Waals surface area contributed by atoms with Crippen LogP contribution in [0.4, 0.5) is 0 Å². The van der Waals surface area contributed by atoms with E-state index in [1.165, 1.54) is 6.20 Å². The zero-order valence-electron chi connectivity index (χ0n) is 12.1. The molecular weight excluding hydrogens is 294 g/mol. The summed E-state index contributed by atoms with van der Waals surface area (Å²) in [5.41, 5.74) is 1.20. The average Bonchev–Trinajstić information content (AvgIpc) is 2.47. The third-order valence-corrected chi connectivity index (χ3v) is 2.70. The van der Waals surface area contributed by atoms with Crippen LogP contribution in [-0.2, 0) is 22.8 Å². The van der Waals surface area contributed by atoms with Gasteiger partial charge >= 0.3 is 11.9 Å². The van der Waals surface area contributed by atoms with Gasteiger partial charge in [-0.2, -0.15) is 0 Å². The van der Waals surface area contributed by atoms with Crippen LogP contribution >= 0.6 is 0 Å². The maximum absolute atomic E-state index is 10.0. The summed E-state index contributed by atoms with van der Waals surface area (Å²) in [5.74, 6) is -2.19. The first kappa shape index (κ1) is 19.6. The van der Waals surface area contributed by atoms with Gasteiger partial charge in [-0.05, 0) is 13.3 Å². The number of rotatable bonds is 6. The lowest BCUT2D eigenvalue weighted by molar-refractivity contribution is -0.137. The van der Waals surface area contributed by atoms with Crippen LogP contribution in [0.3, 0.4) is 0 Å². The summed E-state index contributed by atoms with van der Waals surface area (Å²) in [5, 5.41) is 43.3. The van der Waals surface area contributed by atoms with Crippen molar-refractivity contribution in [3.8, 4) is 5.75 Å². The van der Waals surface area contributed by atoms with E-state index in [9.17, 15) is 14.7 Å². The van der Waals surface area contributed by atoms with Gasteiger partial charge in [0.15, 0.2) is 0 Å². The van der Waals surface area contributed by atoms with Crippen molar-refractivity contribution >= 4 is 11.9 Å². The van der Waals surface area contributed by atoms with E-state index in [1.807, 2.05) is 0 Å². The number of carbonyl (C=O) groups is 2. The maximum atomic E-state index is 10.0. The second-order valence-corrected chi connectivity index (χ2v) is 4.31. The summed E-state index contributed by atoms with van der Waals surface area (Å²) < 4.78 is 0. The Morgan fingerprint density at radius 3 is 2.18 bits per heavy atom. The highest BCUT2D eigenvalue weighted by atomic mass is 16.4. The molecule has 0 atom stereocenters. The van der Waals surface area contributed by atoms with E-state index >= 15 is 0 Å². The minimum Gasteiger partial charge on any atom is -0.506 e. The number of aromatic hydroxyl groups is 1. The Kier molecular flexibility index (Phi) is 8.42. The van der Waals surface area contributed by atoms with Crippen LogP contribution in [0.15, 0.2) is 18.3 Å². The van der Waals surface area contributed by atoms with Gasteiger partial charge in [-0.25, -0.2) is 4.79 Å². The fraction of sp³-hybridized carbons (Fsp3) is 0.357. The summed E-state index contributed by atoms with van der Waals surface area (Å²) in [6.45, 7) is 4.29. The molecule has 1 aromatic rings. The Labute approximate surface area is 127 Å². The summed E-state index contributed by atoms with van der Waals surface area (Å²) in [6, 6.07) is 0. The molecule has 0 aliphatic carbocycles. The van der Waals surface area contributed by atoms with Gasteiger partial charge < -0.3 is 25.5 Å². The molecule has 8 heteroatoms. The van der Waals surface area contributed by atoms with Crippen molar-refractivity contribution in [3.05, 3.63) is 35.2 Å². The number of aryl methyl sites for hydroxylation is 1. The lowest BCUT2D eigenvalue weighted by atomic mass is 10.1. The molecule has 22 heavy (non-hydrogen) atoms. The largest absolute Gasteiger partial charge is 0.506 e. The Morgan fingerprint density at radius 2 is 1.77 bits per heavy atom. The first-order valence-electron chi connectivity index (χ1n) is 6.25. The average molecular weight is 313 g/mol. The first-order valence-corrected chi connectivity index (χ1v) is 6.25. The smallest absolute Gasteiger partial charge is 0.330 e. The number of nitrogens with zero attached hydrogens (tertiary/aromatic N) is 1. The molecule has 0 spiro atoms. The molecule has 1 heterocycles. The standard InChI is InChI=1S/C8H11NO3.C6H8O4/c1-5-8(12)7(4-11)6(3-10)2-9-5;1-4(6(9)10)2-3-5(7)8/h2,10-12H,3-4H2,1H3;1-3H2,(H,7,8)(H,9,10). The minimum atomic E-state index is -1.14. The van der Waals surface area contributed by atoms with E-state index < -0.39 is 11.9 Å². The van der Waals surface area contributed by atoms with Crippen molar-refractivity contribution in [3.63, 3.8) is 0 Å². The molecule has 0 radical (unpaired) electrons. The monoisotopic (exact) mass is 313 g/mol. The normalized spacial score (nSPS) is 9.59. The second-order valence-electron chi connectivity index (χ2n) is 4.31. The minimum absolute atomic E-state index is 0.00463. The number of carboxylic acids is 2. The molecule has 5 N–H and O–H groups in total. The lowest BCUT2D eigenvalue weighted by Gasteiger charge is -2.07. The summed E-state index contributed by atoms with van der Waals surface area (Å²) in [6.07, 6.45) is 1.27. The van der Waals surface area contributed by atoms with Crippen molar-refractivity contribution in [2.75, 3.05) is 0 Å². The molecule has 0 saturated heterocycles. The van der Waals surface area contributed by atoms with Gasteiger partial charge in [-0.3, -0.25) is 9.78 Å². The molecule has 0 unspecified atom stereocenters. The molecule has 122 valence electrons. The third-order valence-electron chi connectivity index (χ3n) is 2.70. The molecule has 0 saturated carbocycles. The topological polar surface area (TPSA) is 148 Å². The third kappa shape index (κ3) is 6.33. The highest BCUT2D eigenvalue weighted by molar-refractivity contribution is 5.86. The van der Waals surface area contributed by atoms with Crippen molar-refractivity contribution in [2.24, 2.45) is 0 Å². The van der Waals surface area contributed by atoms with E-state index in [2.05, 4.69) is 11.6 Å². The Hall–Kier alpha value is -2.45. The van der Waals surface area contributed by atoms with E-state index in [-0.39, 0.29) is 37.4 Å². The number of aliphatic hydroxyl groups excluding tert-OH is 2. The van der Waals surface area contributed by atoms with Gasteiger partial charge in [0, 0.05) is 29.3 Å². The zero-order valence-corrected chi connectivity index (χ0v) is 12.1. The predicted molar refractivity (Wildman–Crippen MR) is 76.1 cm³/mol. The van der Waals surface area contributed by atoms with E-state index in [0.717, 1.165) is 0 Å². The lowest BCUT2D eigenvalue weighted by Crippen LogP contribution is -2.02. The Morgan fingerprint density at radius 1 is 1.18 bits per heavy atom. The number of hydrogen-bond acceptors (Lipinski definition) is 6. The summed E-state index contributed by atoms with van der Waals surface area (Å²) in [4.78, 5) is 23.7. The van der Waals surface area contributed by atoms with Crippen LogP contribution in [0.5, 0.6) is 5.75 Å². The van der Waals surface area contributed by atoms with Crippen molar-refractivity contribution in [1.82, 2.24) is 4.98 Å². The van der Waals surface area contributed by atoms with Gasteiger partial charge in [-0.1, -0.05) is 6.58 Å². The Bertz CT molecular complexity index is 554. The zero-order chi connectivity index (χ0) is 17.3. The van der Waals surface area contributed by atoms with Crippen LogP contribution in [0.2, 0.25) is 0 Å². The number of pyridine rings is 1. The van der Waals surface area contributed by atoms with Crippen LogP contribution < -0.4 is 0 Å². The molecule has 0 aliphatic heterocycles. The van der Waals surface area contributed by atoms with Gasteiger partial charge in [0.25, 0.3) is 0 Å². The molecule has 0 aliphatic rings. The van der Waals surface area contributed by atoms with Crippen molar-refractivity contribution < 1.29 is 35.1 Å². The fourth-order valence-electron chi connectivity index (χ4n) is 1.36. The highest BCUT2D eigenvalue weighted by Crippen LogP contribution is 2.23. The molecule has 0 fully saturated rings.